The molecule has 1 N–H and O–H groups in total. The lowest BCUT2D eigenvalue weighted by atomic mass is 10.1. The average molecular weight is 229 g/mol. The van der Waals surface area contributed by atoms with Crippen molar-refractivity contribution >= 4 is 5.97 Å². The normalized spacial score (nSPS) is 22.6. The molecule has 0 bridgehead atoms. The van der Waals surface area contributed by atoms with Gasteiger partial charge in [0.1, 0.15) is 0 Å². The second-order valence-electron chi connectivity index (χ2n) is 4.56. The van der Waals surface area contributed by atoms with Crippen molar-refractivity contribution in [2.24, 2.45) is 5.92 Å². The topological polar surface area (TPSA) is 49.8 Å². The van der Waals surface area contributed by atoms with E-state index in [-0.39, 0.29) is 5.92 Å². The molecule has 0 radical (unpaired) electrons. The van der Waals surface area contributed by atoms with Gasteiger partial charge < -0.3 is 14.7 Å². The number of aliphatic carboxylic acids is 1. The number of hydrogen-bond donors (Lipinski definition) is 1. The third-order valence-electron chi connectivity index (χ3n) is 3.19. The highest BCUT2D eigenvalue weighted by Crippen LogP contribution is 2.15. The first-order chi connectivity index (χ1) is 7.63. The molecular weight excluding hydrogens is 206 g/mol. The average Bonchev–Trinajstić information content (AvgIpc) is 2.76. The summed E-state index contributed by atoms with van der Waals surface area (Å²) in [5.74, 6) is -1.000. The molecule has 1 aliphatic rings. The molecule has 94 valence electrons. The highest BCUT2D eigenvalue weighted by Gasteiger charge is 2.19. The van der Waals surface area contributed by atoms with Crippen LogP contribution in [0.25, 0.3) is 0 Å². The molecule has 16 heavy (non-hydrogen) atoms. The number of rotatable bonds is 7. The zero-order valence-corrected chi connectivity index (χ0v) is 10.3. The van der Waals surface area contributed by atoms with Crippen molar-refractivity contribution in [3.05, 3.63) is 0 Å². The molecule has 4 heteroatoms. The van der Waals surface area contributed by atoms with Crippen molar-refractivity contribution in [2.75, 3.05) is 26.2 Å². The minimum absolute atomic E-state index is 0.288. The minimum Gasteiger partial charge on any atom is -0.481 e. The van der Waals surface area contributed by atoms with E-state index in [2.05, 4.69) is 11.8 Å². The summed E-state index contributed by atoms with van der Waals surface area (Å²) in [5.41, 5.74) is 0. The van der Waals surface area contributed by atoms with Gasteiger partial charge in [-0.05, 0) is 25.8 Å². The molecule has 1 fully saturated rings. The summed E-state index contributed by atoms with van der Waals surface area (Å²) in [6.45, 7) is 7.21. The third kappa shape index (κ3) is 4.49. The Morgan fingerprint density at radius 1 is 1.62 bits per heavy atom. The fourth-order valence-electron chi connectivity index (χ4n) is 2.04. The maximum atomic E-state index is 10.8. The van der Waals surface area contributed by atoms with E-state index in [0.717, 1.165) is 32.5 Å². The van der Waals surface area contributed by atoms with Gasteiger partial charge in [-0.2, -0.15) is 0 Å². The predicted molar refractivity (Wildman–Crippen MR) is 62.5 cm³/mol. The molecule has 4 nitrogen and oxygen atoms in total. The molecule has 2 atom stereocenters. The fourth-order valence-corrected chi connectivity index (χ4v) is 2.04. The van der Waals surface area contributed by atoms with Gasteiger partial charge in [0.25, 0.3) is 0 Å². The summed E-state index contributed by atoms with van der Waals surface area (Å²) in [4.78, 5) is 13.0. The number of ether oxygens (including phenoxy) is 1. The Hall–Kier alpha value is -0.610. The summed E-state index contributed by atoms with van der Waals surface area (Å²) >= 11 is 0. The van der Waals surface area contributed by atoms with Crippen LogP contribution < -0.4 is 0 Å². The van der Waals surface area contributed by atoms with E-state index >= 15 is 0 Å². The highest BCUT2D eigenvalue weighted by atomic mass is 16.5. The Kier molecular flexibility index (Phi) is 5.77. The van der Waals surface area contributed by atoms with Crippen LogP contribution in [0.4, 0.5) is 0 Å². The fraction of sp³-hybridized carbons (Fsp3) is 0.917. The Balaban J connectivity index is 2.22. The van der Waals surface area contributed by atoms with E-state index < -0.39 is 5.97 Å². The van der Waals surface area contributed by atoms with Gasteiger partial charge in [0.15, 0.2) is 0 Å². The van der Waals surface area contributed by atoms with Gasteiger partial charge in [0, 0.05) is 19.7 Å². The molecule has 0 aromatic heterocycles. The molecule has 0 aliphatic carbocycles. The maximum Gasteiger partial charge on any atom is 0.307 e. The first kappa shape index (κ1) is 13.5. The number of nitrogens with zero attached hydrogens (tertiary/aromatic N) is 1. The van der Waals surface area contributed by atoms with Gasteiger partial charge in [-0.15, -0.1) is 0 Å². The van der Waals surface area contributed by atoms with Crippen LogP contribution in [0.5, 0.6) is 0 Å². The van der Waals surface area contributed by atoms with Crippen molar-refractivity contribution in [2.45, 2.75) is 39.2 Å². The van der Waals surface area contributed by atoms with Crippen molar-refractivity contribution in [3.8, 4) is 0 Å². The molecule has 2 unspecified atom stereocenters. The van der Waals surface area contributed by atoms with Crippen molar-refractivity contribution < 1.29 is 14.6 Å². The Bertz CT molecular complexity index is 214. The second kappa shape index (κ2) is 6.86. The van der Waals surface area contributed by atoms with Gasteiger partial charge in [-0.3, -0.25) is 4.79 Å². The maximum absolute atomic E-state index is 10.8. The van der Waals surface area contributed by atoms with Gasteiger partial charge in [0.2, 0.25) is 0 Å². The van der Waals surface area contributed by atoms with Gasteiger partial charge >= 0.3 is 5.97 Å². The van der Waals surface area contributed by atoms with E-state index in [9.17, 15) is 4.79 Å². The summed E-state index contributed by atoms with van der Waals surface area (Å²) in [6, 6.07) is 0. The molecular formula is C12H23NO3. The van der Waals surface area contributed by atoms with E-state index in [1.54, 1.807) is 6.92 Å². The summed E-state index contributed by atoms with van der Waals surface area (Å²) < 4.78 is 5.56. The molecule has 0 aromatic carbocycles. The van der Waals surface area contributed by atoms with Crippen LogP contribution in [0.1, 0.15) is 33.1 Å². The molecule has 0 saturated carbocycles. The van der Waals surface area contributed by atoms with Crippen LogP contribution in [-0.2, 0) is 9.53 Å². The van der Waals surface area contributed by atoms with E-state index in [1.807, 2.05) is 0 Å². The monoisotopic (exact) mass is 229 g/mol. The zero-order valence-electron chi connectivity index (χ0n) is 10.3. The van der Waals surface area contributed by atoms with Gasteiger partial charge in [0.05, 0.1) is 12.0 Å². The molecule has 0 amide bonds. The predicted octanol–water partition coefficient (Wildman–Crippen LogP) is 1.60. The second-order valence-corrected chi connectivity index (χ2v) is 4.56. The molecule has 1 heterocycles. The lowest BCUT2D eigenvalue weighted by molar-refractivity contribution is -0.141. The molecule has 1 rings (SSSR count). The third-order valence-corrected chi connectivity index (χ3v) is 3.19. The summed E-state index contributed by atoms with van der Waals surface area (Å²) in [6.07, 6.45) is 3.75. The van der Waals surface area contributed by atoms with Crippen molar-refractivity contribution in [1.82, 2.24) is 4.90 Å². The lowest BCUT2D eigenvalue weighted by Crippen LogP contribution is -2.33. The quantitative estimate of drug-likeness (QED) is 0.720. The van der Waals surface area contributed by atoms with E-state index in [1.165, 1.54) is 6.42 Å². The van der Waals surface area contributed by atoms with Crippen LogP contribution >= 0.6 is 0 Å². The van der Waals surface area contributed by atoms with Crippen LogP contribution in [0.15, 0.2) is 0 Å². The van der Waals surface area contributed by atoms with E-state index in [4.69, 9.17) is 9.84 Å². The van der Waals surface area contributed by atoms with Gasteiger partial charge in [-0.25, -0.2) is 0 Å². The summed E-state index contributed by atoms with van der Waals surface area (Å²) in [7, 11) is 0. The highest BCUT2D eigenvalue weighted by molar-refractivity contribution is 5.69. The number of carboxylic acid groups (broad SMARTS) is 1. The van der Waals surface area contributed by atoms with Crippen LogP contribution in [-0.4, -0.2) is 48.3 Å². The lowest BCUT2D eigenvalue weighted by Gasteiger charge is -2.23. The molecule has 0 spiro atoms. The first-order valence-corrected chi connectivity index (χ1v) is 6.20. The standard InChI is InChI=1S/C12H23NO3/c1-3-13(9-10(2)12(14)15)7-6-11-5-4-8-16-11/h10-11H,3-9H2,1-2H3,(H,14,15). The molecule has 1 aliphatic heterocycles. The zero-order chi connectivity index (χ0) is 12.0. The SMILES string of the molecule is CCN(CCC1CCCO1)CC(C)C(=O)O. The number of carboxylic acids is 1. The number of carbonyl (C=O) groups is 1. The van der Waals surface area contributed by atoms with Crippen LogP contribution in [0.2, 0.25) is 0 Å². The van der Waals surface area contributed by atoms with Crippen molar-refractivity contribution in [1.29, 1.82) is 0 Å². The molecule has 1 saturated heterocycles. The Morgan fingerprint density at radius 2 is 2.38 bits per heavy atom. The van der Waals surface area contributed by atoms with Crippen molar-refractivity contribution in [3.63, 3.8) is 0 Å². The van der Waals surface area contributed by atoms with E-state index in [0.29, 0.717) is 12.6 Å². The van der Waals surface area contributed by atoms with Crippen LogP contribution in [0, 0.1) is 5.92 Å². The smallest absolute Gasteiger partial charge is 0.307 e. The van der Waals surface area contributed by atoms with Crippen LogP contribution in [0.3, 0.4) is 0 Å². The number of hydrogen-bond acceptors (Lipinski definition) is 3. The Morgan fingerprint density at radius 3 is 2.88 bits per heavy atom. The minimum atomic E-state index is -0.712. The van der Waals surface area contributed by atoms with Gasteiger partial charge in [-0.1, -0.05) is 13.8 Å². The molecule has 0 aromatic rings. The Labute approximate surface area is 97.6 Å². The first-order valence-electron chi connectivity index (χ1n) is 6.20. The summed E-state index contributed by atoms with van der Waals surface area (Å²) in [5, 5.41) is 8.85. The largest absolute Gasteiger partial charge is 0.481 e.